The Kier molecular flexibility index (Phi) is 7.46. The van der Waals surface area contributed by atoms with Crippen LogP contribution in [0.4, 0.5) is 0 Å². The third kappa shape index (κ3) is 5.95. The highest BCUT2D eigenvalue weighted by Crippen LogP contribution is 2.20. The van der Waals surface area contributed by atoms with Gasteiger partial charge in [-0.1, -0.05) is 43.7 Å². The lowest BCUT2D eigenvalue weighted by Crippen LogP contribution is -2.45. The zero-order valence-corrected chi connectivity index (χ0v) is 18.3. The first-order chi connectivity index (χ1) is 14.9. The fraction of sp³-hybridized carbons (Fsp3) is 0.435. The van der Waals surface area contributed by atoms with Crippen LogP contribution in [0.2, 0.25) is 0 Å². The number of carbonyl (C=O) groups is 3. The van der Waals surface area contributed by atoms with Gasteiger partial charge in [0.1, 0.15) is 5.76 Å². The molecule has 1 saturated heterocycles. The van der Waals surface area contributed by atoms with E-state index in [0.717, 1.165) is 24.2 Å². The molecule has 1 aromatic heterocycles. The third-order valence-electron chi connectivity index (χ3n) is 5.54. The van der Waals surface area contributed by atoms with Crippen LogP contribution in [0.5, 0.6) is 0 Å². The SMILES string of the molecule is CCN(CC)Cc1ccc(C(=O)NNC(=O)C2CC(=O)N(Cc3ccc(C)cc3)C2)o1. The van der Waals surface area contributed by atoms with Crippen molar-refractivity contribution in [1.29, 1.82) is 0 Å². The standard InChI is InChI=1S/C23H30N4O4/c1-4-26(5-2)15-19-10-11-20(31-19)23(30)25-24-22(29)18-12-21(28)27(14-18)13-17-8-6-16(3)7-9-17/h6-11,18H,4-5,12-15H2,1-3H3,(H,24,29)(H,25,30). The fourth-order valence-corrected chi connectivity index (χ4v) is 3.55. The van der Waals surface area contributed by atoms with Crippen LogP contribution in [-0.4, -0.2) is 47.2 Å². The second-order valence-electron chi connectivity index (χ2n) is 7.83. The van der Waals surface area contributed by atoms with Gasteiger partial charge in [-0.25, -0.2) is 0 Å². The number of amides is 3. The first-order valence-electron chi connectivity index (χ1n) is 10.6. The number of likely N-dealkylation sites (tertiary alicyclic amines) is 1. The van der Waals surface area contributed by atoms with Crippen LogP contribution >= 0.6 is 0 Å². The van der Waals surface area contributed by atoms with Gasteiger partial charge in [-0.3, -0.25) is 30.1 Å². The molecule has 8 heteroatoms. The summed E-state index contributed by atoms with van der Waals surface area (Å²) >= 11 is 0. The van der Waals surface area contributed by atoms with Gasteiger partial charge in [0.2, 0.25) is 11.8 Å². The Balaban J connectivity index is 1.48. The molecule has 0 aliphatic carbocycles. The molecule has 1 unspecified atom stereocenters. The van der Waals surface area contributed by atoms with Crippen molar-refractivity contribution >= 4 is 17.7 Å². The van der Waals surface area contributed by atoms with Gasteiger partial charge in [0, 0.05) is 19.5 Å². The summed E-state index contributed by atoms with van der Waals surface area (Å²) in [6, 6.07) is 11.3. The van der Waals surface area contributed by atoms with E-state index < -0.39 is 11.8 Å². The number of aryl methyl sites for hydroxylation is 1. The summed E-state index contributed by atoms with van der Waals surface area (Å²) in [4.78, 5) is 40.9. The van der Waals surface area contributed by atoms with Crippen LogP contribution in [0.15, 0.2) is 40.8 Å². The Bertz CT molecular complexity index is 918. The minimum absolute atomic E-state index is 0.0702. The average molecular weight is 427 g/mol. The number of hydrogen-bond acceptors (Lipinski definition) is 5. The van der Waals surface area contributed by atoms with Crippen molar-refractivity contribution < 1.29 is 18.8 Å². The maximum Gasteiger partial charge on any atom is 0.305 e. The largest absolute Gasteiger partial charge is 0.454 e. The molecule has 1 aliphatic heterocycles. The van der Waals surface area contributed by atoms with Crippen molar-refractivity contribution in [2.24, 2.45) is 5.92 Å². The topological polar surface area (TPSA) is 94.9 Å². The van der Waals surface area contributed by atoms with Gasteiger partial charge < -0.3 is 9.32 Å². The van der Waals surface area contributed by atoms with E-state index in [1.807, 2.05) is 31.2 Å². The van der Waals surface area contributed by atoms with Crippen LogP contribution in [-0.2, 0) is 22.7 Å². The Morgan fingerprint density at radius 1 is 1.10 bits per heavy atom. The molecule has 1 fully saturated rings. The van der Waals surface area contributed by atoms with E-state index in [9.17, 15) is 14.4 Å². The molecule has 1 atom stereocenters. The van der Waals surface area contributed by atoms with Crippen LogP contribution in [0, 0.1) is 12.8 Å². The summed E-state index contributed by atoms with van der Waals surface area (Å²) < 4.78 is 5.58. The van der Waals surface area contributed by atoms with Crippen molar-refractivity contribution in [2.45, 2.75) is 40.3 Å². The molecule has 8 nitrogen and oxygen atoms in total. The minimum Gasteiger partial charge on any atom is -0.454 e. The third-order valence-corrected chi connectivity index (χ3v) is 5.54. The molecule has 2 aromatic rings. The minimum atomic E-state index is -0.528. The van der Waals surface area contributed by atoms with E-state index in [2.05, 4.69) is 29.6 Å². The molecule has 3 amide bonds. The summed E-state index contributed by atoms with van der Waals surface area (Å²) in [5, 5.41) is 0. The molecule has 0 saturated carbocycles. The molecule has 1 aromatic carbocycles. The van der Waals surface area contributed by atoms with Crippen LogP contribution in [0.25, 0.3) is 0 Å². The number of nitrogens with one attached hydrogen (secondary N) is 2. The normalized spacial score (nSPS) is 16.1. The fourth-order valence-electron chi connectivity index (χ4n) is 3.55. The lowest BCUT2D eigenvalue weighted by Gasteiger charge is -2.17. The Labute approximate surface area is 182 Å². The summed E-state index contributed by atoms with van der Waals surface area (Å²) in [7, 11) is 0. The Morgan fingerprint density at radius 3 is 2.48 bits per heavy atom. The molecular weight excluding hydrogens is 396 g/mol. The van der Waals surface area contributed by atoms with Crippen LogP contribution in [0.1, 0.15) is 47.7 Å². The molecule has 0 radical (unpaired) electrons. The number of furan rings is 1. The summed E-state index contributed by atoms with van der Waals surface area (Å²) in [5.74, 6) is -0.672. The van der Waals surface area contributed by atoms with E-state index in [1.165, 1.54) is 0 Å². The van der Waals surface area contributed by atoms with Gasteiger partial charge in [0.05, 0.1) is 12.5 Å². The van der Waals surface area contributed by atoms with Crippen LogP contribution in [0.3, 0.4) is 0 Å². The highest BCUT2D eigenvalue weighted by atomic mass is 16.4. The highest BCUT2D eigenvalue weighted by Gasteiger charge is 2.34. The second-order valence-corrected chi connectivity index (χ2v) is 7.83. The summed E-state index contributed by atoms with van der Waals surface area (Å²) in [5.41, 5.74) is 6.97. The molecule has 2 heterocycles. The maximum atomic E-state index is 12.5. The highest BCUT2D eigenvalue weighted by molar-refractivity contribution is 5.94. The van der Waals surface area contributed by atoms with Crippen molar-refractivity contribution in [1.82, 2.24) is 20.7 Å². The predicted octanol–water partition coefficient (Wildman–Crippen LogP) is 2.24. The smallest absolute Gasteiger partial charge is 0.305 e. The zero-order valence-electron chi connectivity index (χ0n) is 18.3. The molecule has 0 spiro atoms. The number of rotatable bonds is 8. The first-order valence-corrected chi connectivity index (χ1v) is 10.6. The van der Waals surface area contributed by atoms with Crippen molar-refractivity contribution in [2.75, 3.05) is 19.6 Å². The number of nitrogens with zero attached hydrogens (tertiary/aromatic N) is 2. The predicted molar refractivity (Wildman–Crippen MR) is 116 cm³/mol. The van der Waals surface area contributed by atoms with E-state index in [-0.39, 0.29) is 24.0 Å². The monoisotopic (exact) mass is 426 g/mol. The maximum absolute atomic E-state index is 12.5. The molecule has 166 valence electrons. The van der Waals surface area contributed by atoms with Gasteiger partial charge in [-0.15, -0.1) is 0 Å². The number of benzene rings is 1. The molecule has 0 bridgehead atoms. The van der Waals surface area contributed by atoms with E-state index >= 15 is 0 Å². The Morgan fingerprint density at radius 2 is 1.81 bits per heavy atom. The molecule has 1 aliphatic rings. The van der Waals surface area contributed by atoms with E-state index in [1.54, 1.807) is 17.0 Å². The second kappa shape index (κ2) is 10.3. The molecule has 31 heavy (non-hydrogen) atoms. The van der Waals surface area contributed by atoms with Crippen molar-refractivity contribution in [3.63, 3.8) is 0 Å². The lowest BCUT2D eigenvalue weighted by atomic mass is 10.1. The van der Waals surface area contributed by atoms with Crippen LogP contribution < -0.4 is 10.9 Å². The van der Waals surface area contributed by atoms with E-state index in [0.29, 0.717) is 25.4 Å². The quantitative estimate of drug-likeness (QED) is 0.632. The van der Waals surface area contributed by atoms with Gasteiger partial charge in [0.25, 0.3) is 0 Å². The number of carbonyl (C=O) groups excluding carboxylic acids is 3. The van der Waals surface area contributed by atoms with Gasteiger partial charge in [-0.05, 0) is 37.7 Å². The molecule has 2 N–H and O–H groups in total. The molecular formula is C23H30N4O4. The lowest BCUT2D eigenvalue weighted by molar-refractivity contribution is -0.129. The average Bonchev–Trinajstić information content (AvgIpc) is 3.38. The zero-order chi connectivity index (χ0) is 22.4. The summed E-state index contributed by atoms with van der Waals surface area (Å²) in [6.45, 7) is 9.31. The van der Waals surface area contributed by atoms with Gasteiger partial charge >= 0.3 is 5.91 Å². The van der Waals surface area contributed by atoms with Crippen molar-refractivity contribution in [3.05, 3.63) is 59.0 Å². The first kappa shape index (κ1) is 22.6. The number of hydrogen-bond donors (Lipinski definition) is 2. The molecule has 3 rings (SSSR count). The van der Waals surface area contributed by atoms with E-state index in [4.69, 9.17) is 4.42 Å². The number of hydrazine groups is 1. The Hall–Kier alpha value is -3.13. The van der Waals surface area contributed by atoms with Gasteiger partial charge in [-0.2, -0.15) is 0 Å². The van der Waals surface area contributed by atoms with Gasteiger partial charge in [0.15, 0.2) is 5.76 Å². The van der Waals surface area contributed by atoms with Crippen molar-refractivity contribution in [3.8, 4) is 0 Å². The summed E-state index contributed by atoms with van der Waals surface area (Å²) in [6.07, 6.45) is 0.127.